The molecule has 2 rings (SSSR count). The fourth-order valence-corrected chi connectivity index (χ4v) is 4.10. The molecule has 152 valence electrons. The number of hydrogen-bond donors (Lipinski definition) is 1. The number of carbonyl (C=O) groups excluding carboxylic acids is 1. The average Bonchev–Trinajstić information content (AvgIpc) is 2.65. The number of rotatable bonds is 8. The van der Waals surface area contributed by atoms with Gasteiger partial charge >= 0.3 is 0 Å². The van der Waals surface area contributed by atoms with Crippen LogP contribution in [0.4, 0.5) is 0 Å². The molecule has 1 N–H and O–H groups in total. The second-order valence-corrected chi connectivity index (χ2v) is 8.36. The molecule has 0 aliphatic rings. The summed E-state index contributed by atoms with van der Waals surface area (Å²) in [7, 11) is 7.40. The molecule has 2 unspecified atom stereocenters. The Morgan fingerprint density at radius 1 is 1.07 bits per heavy atom. The van der Waals surface area contributed by atoms with Crippen LogP contribution in [0.1, 0.15) is 30.1 Å². The molecule has 4 nitrogen and oxygen atoms in total. The Kier molecular flexibility index (Phi) is 7.90. The lowest BCUT2D eigenvalue weighted by Crippen LogP contribution is -2.48. The summed E-state index contributed by atoms with van der Waals surface area (Å²) in [5, 5.41) is 12.4. The minimum absolute atomic E-state index is 0.157. The summed E-state index contributed by atoms with van der Waals surface area (Å²) >= 11 is 12.4. The molecule has 0 aliphatic carbocycles. The van der Waals surface area contributed by atoms with E-state index >= 15 is 0 Å². The van der Waals surface area contributed by atoms with Crippen molar-refractivity contribution in [3.63, 3.8) is 0 Å². The van der Waals surface area contributed by atoms with Gasteiger partial charge in [-0.1, -0.05) is 59.6 Å². The van der Waals surface area contributed by atoms with Gasteiger partial charge in [-0.2, -0.15) is 0 Å². The summed E-state index contributed by atoms with van der Waals surface area (Å²) in [5.74, 6) is -0.157. The van der Waals surface area contributed by atoms with Gasteiger partial charge in [-0.25, -0.2) is 0 Å². The summed E-state index contributed by atoms with van der Waals surface area (Å²) in [6.45, 7) is 0.802. The quantitative estimate of drug-likeness (QED) is 0.685. The molecule has 0 saturated carbocycles. The maximum Gasteiger partial charge on any atom is 0.235 e. The molecule has 6 heteroatoms. The Balaban J connectivity index is 2.64. The summed E-state index contributed by atoms with van der Waals surface area (Å²) in [5.41, 5.74) is 0.110. The Morgan fingerprint density at radius 3 is 2.25 bits per heavy atom. The van der Waals surface area contributed by atoms with Crippen molar-refractivity contribution in [1.82, 2.24) is 9.80 Å². The number of aliphatic hydroxyl groups excluding tert-OH is 1. The second kappa shape index (κ2) is 9.75. The number of benzene rings is 2. The van der Waals surface area contributed by atoms with E-state index < -0.39 is 11.5 Å². The van der Waals surface area contributed by atoms with E-state index in [2.05, 4.69) is 4.90 Å². The number of carbonyl (C=O) groups is 1. The van der Waals surface area contributed by atoms with Crippen LogP contribution in [0, 0.1) is 0 Å². The number of aliphatic hydroxyl groups is 1. The van der Waals surface area contributed by atoms with E-state index in [1.54, 1.807) is 32.3 Å². The lowest BCUT2D eigenvalue weighted by molar-refractivity contribution is -0.140. The Morgan fingerprint density at radius 2 is 1.71 bits per heavy atom. The maximum absolute atomic E-state index is 13.5. The van der Waals surface area contributed by atoms with Gasteiger partial charge in [0.2, 0.25) is 5.91 Å². The van der Waals surface area contributed by atoms with Crippen LogP contribution >= 0.6 is 23.2 Å². The number of amides is 1. The lowest BCUT2D eigenvalue weighted by Gasteiger charge is -2.40. The zero-order chi connectivity index (χ0) is 20.9. The van der Waals surface area contributed by atoms with Crippen LogP contribution in [0.15, 0.2) is 48.5 Å². The van der Waals surface area contributed by atoms with Crippen molar-refractivity contribution in [3.8, 4) is 0 Å². The van der Waals surface area contributed by atoms with E-state index in [1.807, 2.05) is 44.4 Å². The highest BCUT2D eigenvalue weighted by Gasteiger charge is 2.48. The van der Waals surface area contributed by atoms with Crippen LogP contribution in [0.2, 0.25) is 10.0 Å². The molecule has 0 aliphatic heterocycles. The van der Waals surface area contributed by atoms with Crippen molar-refractivity contribution in [2.45, 2.75) is 24.4 Å². The molecule has 0 fully saturated rings. The summed E-state index contributed by atoms with van der Waals surface area (Å²) in [6.07, 6.45) is 0.104. The maximum atomic E-state index is 13.5. The Hall–Kier alpha value is -1.59. The zero-order valence-electron chi connectivity index (χ0n) is 16.8. The van der Waals surface area contributed by atoms with E-state index in [0.29, 0.717) is 22.0 Å². The third-order valence-corrected chi connectivity index (χ3v) is 5.54. The highest BCUT2D eigenvalue weighted by atomic mass is 35.5. The van der Waals surface area contributed by atoms with Gasteiger partial charge in [0, 0.05) is 29.7 Å². The molecule has 0 radical (unpaired) electrons. The molecule has 1 amide bonds. The van der Waals surface area contributed by atoms with Crippen LogP contribution in [-0.2, 0) is 10.2 Å². The normalized spacial score (nSPS) is 14.6. The molecule has 0 spiro atoms. The summed E-state index contributed by atoms with van der Waals surface area (Å²) < 4.78 is 0. The topological polar surface area (TPSA) is 43.8 Å². The molecule has 0 bridgehead atoms. The number of nitrogens with zero attached hydrogens (tertiary/aromatic N) is 2. The molecule has 2 aromatic carbocycles. The van der Waals surface area contributed by atoms with Gasteiger partial charge in [0.25, 0.3) is 0 Å². The second-order valence-electron chi connectivity index (χ2n) is 7.51. The Labute approximate surface area is 177 Å². The molecule has 0 aromatic heterocycles. The van der Waals surface area contributed by atoms with Crippen LogP contribution in [0.25, 0.3) is 0 Å². The van der Waals surface area contributed by atoms with Crippen molar-refractivity contribution < 1.29 is 9.90 Å². The van der Waals surface area contributed by atoms with Gasteiger partial charge < -0.3 is 14.9 Å². The fraction of sp³-hybridized carbons (Fsp3) is 0.409. The van der Waals surface area contributed by atoms with Gasteiger partial charge in [-0.05, 0) is 51.2 Å². The van der Waals surface area contributed by atoms with Crippen molar-refractivity contribution >= 4 is 29.1 Å². The monoisotopic (exact) mass is 422 g/mol. The molecule has 0 heterocycles. The molecular formula is C22H28Cl2N2O2. The van der Waals surface area contributed by atoms with Crippen LogP contribution in [-0.4, -0.2) is 55.5 Å². The van der Waals surface area contributed by atoms with E-state index in [4.69, 9.17) is 23.2 Å². The number of halogens is 2. The predicted molar refractivity (Wildman–Crippen MR) is 116 cm³/mol. The van der Waals surface area contributed by atoms with Crippen molar-refractivity contribution in [1.29, 1.82) is 0 Å². The van der Waals surface area contributed by atoms with Crippen LogP contribution in [0.5, 0.6) is 0 Å². The van der Waals surface area contributed by atoms with Gasteiger partial charge in [-0.15, -0.1) is 0 Å². The number of hydrogen-bond acceptors (Lipinski definition) is 3. The first-order valence-corrected chi connectivity index (χ1v) is 10.0. The first kappa shape index (κ1) is 22.7. The van der Waals surface area contributed by atoms with Crippen molar-refractivity contribution in [2.75, 3.05) is 34.7 Å². The predicted octanol–water partition coefficient (Wildman–Crippen LogP) is 4.39. The largest absolute Gasteiger partial charge is 0.387 e. The molecular weight excluding hydrogens is 395 g/mol. The van der Waals surface area contributed by atoms with Gasteiger partial charge in [0.1, 0.15) is 5.41 Å². The van der Waals surface area contributed by atoms with Gasteiger partial charge in [0.05, 0.1) is 6.10 Å². The SMILES string of the molecule is CN(C)CCCC(C(=O)N(C)C)(c1ccccc1)C(O)c1ccc(Cl)cc1Cl. The molecule has 2 atom stereocenters. The average molecular weight is 423 g/mol. The molecule has 28 heavy (non-hydrogen) atoms. The lowest BCUT2D eigenvalue weighted by atomic mass is 9.69. The third-order valence-electron chi connectivity index (χ3n) is 4.98. The van der Waals surface area contributed by atoms with E-state index in [0.717, 1.165) is 18.5 Å². The fourth-order valence-electron chi connectivity index (χ4n) is 3.58. The van der Waals surface area contributed by atoms with Crippen LogP contribution in [0.3, 0.4) is 0 Å². The minimum atomic E-state index is -1.15. The smallest absolute Gasteiger partial charge is 0.235 e. The van der Waals surface area contributed by atoms with E-state index in [9.17, 15) is 9.90 Å². The highest BCUT2D eigenvalue weighted by Crippen LogP contribution is 2.45. The van der Waals surface area contributed by atoms with Crippen molar-refractivity contribution in [3.05, 3.63) is 69.7 Å². The molecule has 2 aromatic rings. The first-order chi connectivity index (χ1) is 13.2. The summed E-state index contributed by atoms with van der Waals surface area (Å²) in [6, 6.07) is 14.4. The van der Waals surface area contributed by atoms with Crippen molar-refractivity contribution in [2.24, 2.45) is 0 Å². The van der Waals surface area contributed by atoms with Gasteiger partial charge in [0.15, 0.2) is 0 Å². The van der Waals surface area contributed by atoms with E-state index in [-0.39, 0.29) is 5.91 Å². The van der Waals surface area contributed by atoms with Gasteiger partial charge in [-0.3, -0.25) is 4.79 Å². The summed E-state index contributed by atoms with van der Waals surface area (Å²) in [4.78, 5) is 17.1. The minimum Gasteiger partial charge on any atom is -0.387 e. The van der Waals surface area contributed by atoms with Crippen LogP contribution < -0.4 is 0 Å². The molecule has 0 saturated heterocycles. The third kappa shape index (κ3) is 4.87. The number of likely N-dealkylation sites (N-methyl/N-ethyl adjacent to an activating group) is 1. The first-order valence-electron chi connectivity index (χ1n) is 9.25. The standard InChI is InChI=1S/C22H28Cl2N2O2/c1-25(2)14-8-13-22(21(28)26(3)4,16-9-6-5-7-10-16)20(27)18-12-11-17(23)15-19(18)24/h5-7,9-12,15,20,27H,8,13-14H2,1-4H3. The highest BCUT2D eigenvalue weighted by molar-refractivity contribution is 6.35. The Bertz CT molecular complexity index is 796. The van der Waals surface area contributed by atoms with E-state index in [1.165, 1.54) is 4.90 Å². The zero-order valence-corrected chi connectivity index (χ0v) is 18.3.